The van der Waals surface area contributed by atoms with Crippen molar-refractivity contribution in [3.05, 3.63) is 33.9 Å². The van der Waals surface area contributed by atoms with E-state index >= 15 is 0 Å². The third-order valence-electron chi connectivity index (χ3n) is 1.66. The first kappa shape index (κ1) is 10.0. The van der Waals surface area contributed by atoms with Gasteiger partial charge in [-0.25, -0.2) is 0 Å². The highest BCUT2D eigenvalue weighted by atomic mass is 32.1. The molecule has 5 heteroatoms. The molecule has 1 rings (SSSR count). The molecule has 0 atom stereocenters. The molecule has 0 heterocycles. The van der Waals surface area contributed by atoms with Crippen LogP contribution in [0, 0.1) is 10.1 Å². The van der Waals surface area contributed by atoms with E-state index < -0.39 is 4.92 Å². The zero-order chi connectivity index (χ0) is 9.84. The number of non-ortho nitro benzene ring substituents is 1. The minimum atomic E-state index is -0.464. The van der Waals surface area contributed by atoms with Crippen LogP contribution in [0.1, 0.15) is 5.56 Å². The van der Waals surface area contributed by atoms with Gasteiger partial charge in [0.2, 0.25) is 0 Å². The molecule has 1 aromatic rings. The Hall–Kier alpha value is -1.07. The maximum absolute atomic E-state index is 10.4. The van der Waals surface area contributed by atoms with Crippen molar-refractivity contribution < 1.29 is 10.0 Å². The molecular weight excluding hydrogens is 190 g/mol. The van der Waals surface area contributed by atoms with Crippen molar-refractivity contribution >= 4 is 18.3 Å². The van der Waals surface area contributed by atoms with Crippen molar-refractivity contribution in [1.82, 2.24) is 0 Å². The Balaban J connectivity index is 3.03. The van der Waals surface area contributed by atoms with Crippen molar-refractivity contribution in [3.63, 3.8) is 0 Å². The summed E-state index contributed by atoms with van der Waals surface area (Å²) in [5.41, 5.74) is 0.723. The normalized spacial score (nSPS) is 10.0. The Bertz CT molecular complexity index is 327. The number of hydrogen-bond donors (Lipinski definition) is 2. The zero-order valence-electron chi connectivity index (χ0n) is 6.80. The van der Waals surface area contributed by atoms with Gasteiger partial charge in [-0.05, 0) is 18.1 Å². The summed E-state index contributed by atoms with van der Waals surface area (Å²) in [4.78, 5) is 10.6. The van der Waals surface area contributed by atoms with E-state index in [-0.39, 0.29) is 12.3 Å². The van der Waals surface area contributed by atoms with Gasteiger partial charge in [-0.2, -0.15) is 0 Å². The molecule has 0 aromatic heterocycles. The van der Waals surface area contributed by atoms with Crippen LogP contribution in [0.25, 0.3) is 0 Å². The molecule has 0 aliphatic heterocycles. The Morgan fingerprint density at radius 3 is 2.77 bits per heavy atom. The summed E-state index contributed by atoms with van der Waals surface area (Å²) in [6.45, 7) is -0.0330. The van der Waals surface area contributed by atoms with E-state index in [1.807, 2.05) is 0 Å². The molecule has 1 aromatic carbocycles. The van der Waals surface area contributed by atoms with E-state index in [9.17, 15) is 10.1 Å². The average molecular weight is 199 g/mol. The fourth-order valence-electron chi connectivity index (χ4n) is 1.01. The van der Waals surface area contributed by atoms with Gasteiger partial charge in [0.1, 0.15) is 0 Å². The van der Waals surface area contributed by atoms with Crippen LogP contribution in [-0.4, -0.2) is 16.6 Å². The molecule has 0 aliphatic carbocycles. The standard InChI is InChI=1S/C8H9NO3S/c10-4-3-6-5-7(9(11)12)1-2-8(6)13/h1-2,5,10,13H,3-4H2. The molecule has 70 valence electrons. The van der Waals surface area contributed by atoms with Crippen LogP contribution in [0.3, 0.4) is 0 Å². The first-order chi connectivity index (χ1) is 6.15. The van der Waals surface area contributed by atoms with Gasteiger partial charge in [0.15, 0.2) is 0 Å². The van der Waals surface area contributed by atoms with Gasteiger partial charge in [0.25, 0.3) is 5.69 Å². The molecule has 0 unspecified atom stereocenters. The summed E-state index contributed by atoms with van der Waals surface area (Å²) in [5, 5.41) is 19.1. The number of hydrogen-bond acceptors (Lipinski definition) is 4. The number of aliphatic hydroxyl groups is 1. The molecule has 0 fully saturated rings. The minimum Gasteiger partial charge on any atom is -0.396 e. The molecule has 0 spiro atoms. The lowest BCUT2D eigenvalue weighted by Crippen LogP contribution is -1.95. The lowest BCUT2D eigenvalue weighted by Gasteiger charge is -2.01. The molecule has 0 bridgehead atoms. The van der Waals surface area contributed by atoms with Crippen molar-refractivity contribution in [3.8, 4) is 0 Å². The highest BCUT2D eigenvalue weighted by Gasteiger charge is 2.07. The third kappa shape index (κ3) is 2.43. The van der Waals surface area contributed by atoms with E-state index in [0.717, 1.165) is 0 Å². The zero-order valence-corrected chi connectivity index (χ0v) is 7.70. The summed E-state index contributed by atoms with van der Waals surface area (Å²) in [6.07, 6.45) is 0.389. The van der Waals surface area contributed by atoms with Crippen molar-refractivity contribution in [2.24, 2.45) is 0 Å². The maximum Gasteiger partial charge on any atom is 0.269 e. The maximum atomic E-state index is 10.4. The molecule has 0 saturated carbocycles. The predicted molar refractivity (Wildman–Crippen MR) is 51.1 cm³/mol. The van der Waals surface area contributed by atoms with Gasteiger partial charge in [0.05, 0.1) is 4.92 Å². The lowest BCUT2D eigenvalue weighted by molar-refractivity contribution is -0.385. The Morgan fingerprint density at radius 1 is 1.54 bits per heavy atom. The molecule has 0 aliphatic rings. The van der Waals surface area contributed by atoms with Gasteiger partial charge in [-0.1, -0.05) is 0 Å². The monoisotopic (exact) mass is 199 g/mol. The minimum absolute atomic E-state index is 0.0289. The molecule has 0 saturated heterocycles. The Morgan fingerprint density at radius 2 is 2.23 bits per heavy atom. The van der Waals surface area contributed by atoms with Crippen LogP contribution in [-0.2, 0) is 6.42 Å². The lowest BCUT2D eigenvalue weighted by atomic mass is 10.1. The third-order valence-corrected chi connectivity index (χ3v) is 2.09. The average Bonchev–Trinajstić information content (AvgIpc) is 2.08. The number of nitrogens with zero attached hydrogens (tertiary/aromatic N) is 1. The summed E-state index contributed by atoms with van der Waals surface area (Å²) in [6, 6.07) is 4.38. The summed E-state index contributed by atoms with van der Waals surface area (Å²) < 4.78 is 0. The fourth-order valence-corrected chi connectivity index (χ4v) is 1.26. The fraction of sp³-hybridized carbons (Fsp3) is 0.250. The van der Waals surface area contributed by atoms with Gasteiger partial charge in [-0.15, -0.1) is 12.6 Å². The van der Waals surface area contributed by atoms with Gasteiger partial charge in [0, 0.05) is 23.6 Å². The molecule has 4 nitrogen and oxygen atoms in total. The highest BCUT2D eigenvalue weighted by Crippen LogP contribution is 2.20. The van der Waals surface area contributed by atoms with Crippen molar-refractivity contribution in [1.29, 1.82) is 0 Å². The number of aliphatic hydroxyl groups excluding tert-OH is 1. The quantitative estimate of drug-likeness (QED) is 0.439. The van der Waals surface area contributed by atoms with E-state index in [4.69, 9.17) is 5.11 Å². The summed E-state index contributed by atoms with van der Waals surface area (Å²) in [5.74, 6) is 0. The van der Waals surface area contributed by atoms with E-state index in [1.165, 1.54) is 12.1 Å². The smallest absolute Gasteiger partial charge is 0.269 e. The van der Waals surface area contributed by atoms with E-state index in [2.05, 4.69) is 12.6 Å². The van der Waals surface area contributed by atoms with Crippen molar-refractivity contribution in [2.75, 3.05) is 6.61 Å². The van der Waals surface area contributed by atoms with Crippen LogP contribution in [0.15, 0.2) is 23.1 Å². The van der Waals surface area contributed by atoms with Gasteiger partial charge in [-0.3, -0.25) is 10.1 Å². The highest BCUT2D eigenvalue weighted by molar-refractivity contribution is 7.80. The van der Waals surface area contributed by atoms with Crippen LogP contribution < -0.4 is 0 Å². The second kappa shape index (κ2) is 4.25. The first-order valence-corrected chi connectivity index (χ1v) is 4.17. The van der Waals surface area contributed by atoms with Crippen molar-refractivity contribution in [2.45, 2.75) is 11.3 Å². The number of nitro benzene ring substituents is 1. The predicted octanol–water partition coefficient (Wildman–Crippen LogP) is 1.42. The van der Waals surface area contributed by atoms with Crippen LogP contribution in [0.2, 0.25) is 0 Å². The largest absolute Gasteiger partial charge is 0.396 e. The van der Waals surface area contributed by atoms with Crippen LogP contribution in [0.5, 0.6) is 0 Å². The molecule has 1 N–H and O–H groups in total. The summed E-state index contributed by atoms with van der Waals surface area (Å²) in [7, 11) is 0. The number of thiol groups is 1. The van der Waals surface area contributed by atoms with Crippen LogP contribution in [0.4, 0.5) is 5.69 Å². The number of nitro groups is 1. The second-order valence-corrected chi connectivity index (χ2v) is 3.03. The number of benzene rings is 1. The number of rotatable bonds is 3. The van der Waals surface area contributed by atoms with Crippen LogP contribution >= 0.6 is 12.6 Å². The molecule has 0 radical (unpaired) electrons. The first-order valence-electron chi connectivity index (χ1n) is 3.72. The Labute approximate surface area is 80.8 Å². The Kier molecular flexibility index (Phi) is 3.27. The second-order valence-electron chi connectivity index (χ2n) is 2.54. The van der Waals surface area contributed by atoms with E-state index in [0.29, 0.717) is 16.9 Å². The summed E-state index contributed by atoms with van der Waals surface area (Å²) >= 11 is 4.11. The molecular formula is C8H9NO3S. The SMILES string of the molecule is O=[N+]([O-])c1ccc(S)c(CCO)c1. The van der Waals surface area contributed by atoms with Gasteiger partial charge < -0.3 is 5.11 Å². The van der Waals surface area contributed by atoms with E-state index in [1.54, 1.807) is 6.07 Å². The van der Waals surface area contributed by atoms with Gasteiger partial charge >= 0.3 is 0 Å². The molecule has 0 amide bonds. The molecule has 13 heavy (non-hydrogen) atoms. The topological polar surface area (TPSA) is 63.4 Å².